The molecule has 0 aromatic heterocycles. The molecule has 9 nitrogen and oxygen atoms in total. The first-order valence-corrected chi connectivity index (χ1v) is 12.0. The maximum Gasteiger partial charge on any atom is 0.332 e. The zero-order chi connectivity index (χ0) is 28.1. The summed E-state index contributed by atoms with van der Waals surface area (Å²) in [6.07, 6.45) is -0.0391. The fraction of sp³-hybridized carbons (Fsp3) is 0.250. The molecule has 3 aromatic carbocycles. The number of nitrogens with zero attached hydrogens (tertiary/aromatic N) is 2. The van der Waals surface area contributed by atoms with Gasteiger partial charge >= 0.3 is 6.03 Å². The Labute approximate surface area is 223 Å². The molecule has 4 rings (SSSR count). The lowest BCUT2D eigenvalue weighted by molar-refractivity contribution is -0.124. The van der Waals surface area contributed by atoms with E-state index in [0.29, 0.717) is 29.4 Å². The third-order valence-corrected chi connectivity index (χ3v) is 6.30. The summed E-state index contributed by atoms with van der Waals surface area (Å²) in [5.74, 6) is -1.91. The Bertz CT molecular complexity index is 1400. The van der Waals surface area contributed by atoms with Crippen molar-refractivity contribution in [1.29, 1.82) is 0 Å². The average molecular weight is 540 g/mol. The molecule has 1 heterocycles. The van der Waals surface area contributed by atoms with Gasteiger partial charge in [0, 0.05) is 24.4 Å². The number of imide groups is 1. The third-order valence-electron chi connectivity index (χ3n) is 6.30. The van der Waals surface area contributed by atoms with E-state index in [9.17, 15) is 23.2 Å². The van der Waals surface area contributed by atoms with E-state index in [1.165, 1.54) is 32.3 Å². The zero-order valence-corrected chi connectivity index (χ0v) is 21.6. The molecule has 1 aliphatic heterocycles. The van der Waals surface area contributed by atoms with E-state index < -0.39 is 41.9 Å². The molecule has 1 aliphatic rings. The van der Waals surface area contributed by atoms with Crippen LogP contribution in [0.4, 0.5) is 25.0 Å². The van der Waals surface area contributed by atoms with Gasteiger partial charge in [-0.3, -0.25) is 9.59 Å². The molecule has 1 atom stereocenters. The molecule has 4 amide bonds. The number of benzene rings is 3. The van der Waals surface area contributed by atoms with Gasteiger partial charge in [0.05, 0.1) is 33.4 Å². The molecule has 0 radical (unpaired) electrons. The molecule has 1 fully saturated rings. The van der Waals surface area contributed by atoms with Gasteiger partial charge in [-0.2, -0.15) is 0 Å². The molecule has 11 heteroatoms. The number of halogens is 2. The Morgan fingerprint density at radius 1 is 0.897 bits per heavy atom. The van der Waals surface area contributed by atoms with Crippen molar-refractivity contribution in [1.82, 2.24) is 4.90 Å². The maximum absolute atomic E-state index is 13.6. The second kappa shape index (κ2) is 11.8. The van der Waals surface area contributed by atoms with Crippen molar-refractivity contribution in [3.05, 3.63) is 77.9 Å². The van der Waals surface area contributed by atoms with E-state index >= 15 is 0 Å². The number of amides is 4. The van der Waals surface area contributed by atoms with Crippen molar-refractivity contribution >= 4 is 29.2 Å². The number of rotatable bonds is 10. The Morgan fingerprint density at radius 3 is 2.36 bits per heavy atom. The lowest BCUT2D eigenvalue weighted by Gasteiger charge is -2.22. The summed E-state index contributed by atoms with van der Waals surface area (Å²) < 4.78 is 42.7. The summed E-state index contributed by atoms with van der Waals surface area (Å²) >= 11 is 0. The van der Waals surface area contributed by atoms with E-state index in [1.54, 1.807) is 36.4 Å². The highest BCUT2D eigenvalue weighted by molar-refractivity contribution is 6.22. The van der Waals surface area contributed by atoms with Crippen LogP contribution < -0.4 is 24.4 Å². The molecule has 0 aliphatic carbocycles. The van der Waals surface area contributed by atoms with E-state index in [0.717, 1.165) is 22.6 Å². The highest BCUT2D eigenvalue weighted by Gasteiger charge is 2.46. The minimum Gasteiger partial charge on any atom is -0.497 e. The quantitative estimate of drug-likeness (QED) is 0.384. The summed E-state index contributed by atoms with van der Waals surface area (Å²) in [5, 5.41) is 2.46. The number of ether oxygens (including phenoxy) is 3. The van der Waals surface area contributed by atoms with Gasteiger partial charge in [-0.05, 0) is 48.4 Å². The third kappa shape index (κ3) is 5.92. The number of carbonyl (C=O) groups is 3. The molecular formula is C28H27F2N3O6. The van der Waals surface area contributed by atoms with Crippen LogP contribution in [0.2, 0.25) is 0 Å². The van der Waals surface area contributed by atoms with Crippen molar-refractivity contribution < 1.29 is 37.4 Å². The first kappa shape index (κ1) is 27.4. The molecule has 204 valence electrons. The Kier molecular flexibility index (Phi) is 8.28. The van der Waals surface area contributed by atoms with Crippen molar-refractivity contribution in [2.45, 2.75) is 18.9 Å². The summed E-state index contributed by atoms with van der Waals surface area (Å²) in [6.45, 7) is 0.115. The van der Waals surface area contributed by atoms with Gasteiger partial charge in [0.1, 0.15) is 11.8 Å². The van der Waals surface area contributed by atoms with Crippen LogP contribution in [0.25, 0.3) is 0 Å². The summed E-state index contributed by atoms with van der Waals surface area (Å²) in [4.78, 5) is 42.2. The fourth-order valence-electron chi connectivity index (χ4n) is 4.32. The largest absolute Gasteiger partial charge is 0.497 e. The van der Waals surface area contributed by atoms with Gasteiger partial charge in [0.15, 0.2) is 23.1 Å². The SMILES string of the molecule is COc1cccc(N2C(=O)C(CC(=O)Nc3ccc(F)c(F)c3)N(CCc3ccc(OC)c(OC)c3)C2=O)c1. The predicted molar refractivity (Wildman–Crippen MR) is 139 cm³/mol. The fourth-order valence-corrected chi connectivity index (χ4v) is 4.32. The number of hydrogen-bond acceptors (Lipinski definition) is 6. The van der Waals surface area contributed by atoms with Crippen LogP contribution in [-0.2, 0) is 16.0 Å². The monoisotopic (exact) mass is 539 g/mol. The zero-order valence-electron chi connectivity index (χ0n) is 21.6. The number of urea groups is 1. The molecule has 1 unspecified atom stereocenters. The minimum atomic E-state index is -1.13. The Balaban J connectivity index is 1.58. The summed E-state index contributed by atoms with van der Waals surface area (Å²) in [7, 11) is 4.50. The van der Waals surface area contributed by atoms with Gasteiger partial charge in [-0.1, -0.05) is 12.1 Å². The van der Waals surface area contributed by atoms with Crippen molar-refractivity contribution in [3.8, 4) is 17.2 Å². The Morgan fingerprint density at radius 2 is 1.67 bits per heavy atom. The van der Waals surface area contributed by atoms with Crippen LogP contribution >= 0.6 is 0 Å². The van der Waals surface area contributed by atoms with E-state index in [1.807, 2.05) is 6.07 Å². The molecule has 39 heavy (non-hydrogen) atoms. The van der Waals surface area contributed by atoms with Crippen molar-refractivity contribution in [3.63, 3.8) is 0 Å². The van der Waals surface area contributed by atoms with Crippen LogP contribution in [0.5, 0.6) is 17.2 Å². The smallest absolute Gasteiger partial charge is 0.332 e. The van der Waals surface area contributed by atoms with Crippen molar-refractivity contribution in [2.75, 3.05) is 38.1 Å². The second-order valence-electron chi connectivity index (χ2n) is 8.69. The molecule has 0 bridgehead atoms. The van der Waals surface area contributed by atoms with Gasteiger partial charge in [-0.25, -0.2) is 18.5 Å². The van der Waals surface area contributed by atoms with Crippen LogP contribution in [0, 0.1) is 11.6 Å². The normalized spacial score (nSPS) is 14.9. The molecular weight excluding hydrogens is 512 g/mol. The number of anilines is 2. The van der Waals surface area contributed by atoms with Gasteiger partial charge in [0.25, 0.3) is 5.91 Å². The lowest BCUT2D eigenvalue weighted by atomic mass is 10.1. The van der Waals surface area contributed by atoms with E-state index in [4.69, 9.17) is 14.2 Å². The highest BCUT2D eigenvalue weighted by Crippen LogP contribution is 2.31. The Hall–Kier alpha value is -4.67. The molecule has 1 saturated heterocycles. The molecule has 3 aromatic rings. The van der Waals surface area contributed by atoms with E-state index in [-0.39, 0.29) is 12.2 Å². The van der Waals surface area contributed by atoms with Crippen LogP contribution in [0.3, 0.4) is 0 Å². The number of carbonyl (C=O) groups excluding carboxylic acids is 3. The van der Waals surface area contributed by atoms with Crippen LogP contribution in [0.15, 0.2) is 60.7 Å². The first-order valence-electron chi connectivity index (χ1n) is 12.0. The van der Waals surface area contributed by atoms with Crippen LogP contribution in [-0.4, -0.2) is 56.7 Å². The summed E-state index contributed by atoms with van der Waals surface area (Å²) in [6, 6.07) is 13.0. The average Bonchev–Trinajstić information content (AvgIpc) is 3.17. The minimum absolute atomic E-state index is 0.0252. The van der Waals surface area contributed by atoms with Gasteiger partial charge in [0.2, 0.25) is 5.91 Å². The number of methoxy groups -OCH3 is 3. The first-order chi connectivity index (χ1) is 18.7. The van der Waals surface area contributed by atoms with E-state index in [2.05, 4.69) is 5.32 Å². The topological polar surface area (TPSA) is 97.4 Å². The molecule has 0 spiro atoms. The van der Waals surface area contributed by atoms with Crippen molar-refractivity contribution in [2.24, 2.45) is 0 Å². The maximum atomic E-state index is 13.6. The summed E-state index contributed by atoms with van der Waals surface area (Å²) in [5.41, 5.74) is 1.14. The molecule has 0 saturated carbocycles. The van der Waals surface area contributed by atoms with Crippen LogP contribution in [0.1, 0.15) is 12.0 Å². The standard InChI is InChI=1S/C28H27F2N3O6/c1-37-20-6-4-5-19(15-20)33-27(35)23(16-26(34)31-18-8-9-21(29)22(30)14-18)32(28(33)36)12-11-17-7-10-24(38-2)25(13-17)39-3/h4-10,13-15,23H,11-12,16H2,1-3H3,(H,31,34). The van der Waals surface area contributed by atoms with Gasteiger partial charge in [-0.15, -0.1) is 0 Å². The highest BCUT2D eigenvalue weighted by atomic mass is 19.2. The predicted octanol–water partition coefficient (Wildman–Crippen LogP) is 4.40. The van der Waals surface area contributed by atoms with Gasteiger partial charge < -0.3 is 24.4 Å². The molecule has 1 N–H and O–H groups in total. The lowest BCUT2D eigenvalue weighted by Crippen LogP contribution is -2.39. The number of hydrogen-bond donors (Lipinski definition) is 1. The second-order valence-corrected chi connectivity index (χ2v) is 8.69. The number of nitrogens with one attached hydrogen (secondary N) is 1.